The molecule has 0 spiro atoms. The van der Waals surface area contributed by atoms with Gasteiger partial charge in [0.2, 0.25) is 0 Å². The third-order valence-electron chi connectivity index (χ3n) is 2.30. The lowest BCUT2D eigenvalue weighted by molar-refractivity contribution is 1.08. The highest BCUT2D eigenvalue weighted by Gasteiger charge is 2.02. The average Bonchev–Trinajstić information content (AvgIpc) is 2.17. The van der Waals surface area contributed by atoms with Crippen LogP contribution in [0.25, 0.3) is 10.9 Å². The van der Waals surface area contributed by atoms with Crippen molar-refractivity contribution in [2.75, 3.05) is 19.0 Å². The molecule has 1 aromatic heterocycles. The van der Waals surface area contributed by atoms with Crippen molar-refractivity contribution in [2.45, 2.75) is 6.92 Å². The van der Waals surface area contributed by atoms with Crippen molar-refractivity contribution in [2.24, 2.45) is 0 Å². The maximum atomic E-state index is 4.54. The van der Waals surface area contributed by atoms with E-state index in [0.717, 1.165) is 11.3 Å². The summed E-state index contributed by atoms with van der Waals surface area (Å²) < 4.78 is 0. The fourth-order valence-corrected chi connectivity index (χ4v) is 1.49. The van der Waals surface area contributed by atoms with Crippen molar-refractivity contribution < 1.29 is 0 Å². The lowest BCUT2D eigenvalue weighted by atomic mass is 10.1. The van der Waals surface area contributed by atoms with Crippen LogP contribution < -0.4 is 4.90 Å². The number of nitrogens with zero attached hydrogens (tertiary/aromatic N) is 2. The van der Waals surface area contributed by atoms with Crippen molar-refractivity contribution in [3.05, 3.63) is 35.9 Å². The molecule has 14 heavy (non-hydrogen) atoms. The van der Waals surface area contributed by atoms with Gasteiger partial charge >= 0.3 is 0 Å². The van der Waals surface area contributed by atoms with Gasteiger partial charge in [-0.1, -0.05) is 6.07 Å². The van der Waals surface area contributed by atoms with E-state index >= 15 is 0 Å². The Bertz CT molecular complexity index is 461. The van der Waals surface area contributed by atoms with Gasteiger partial charge in [0, 0.05) is 19.5 Å². The van der Waals surface area contributed by atoms with E-state index in [1.54, 1.807) is 0 Å². The molecule has 0 saturated carbocycles. The molecule has 0 amide bonds. The molecule has 0 unspecified atom stereocenters. The van der Waals surface area contributed by atoms with Gasteiger partial charge in [-0.2, -0.15) is 0 Å². The zero-order valence-electron chi connectivity index (χ0n) is 8.70. The molecule has 1 radical (unpaired) electrons. The first-order chi connectivity index (χ1) is 6.68. The van der Waals surface area contributed by atoms with Gasteiger partial charge in [-0.25, -0.2) is 4.98 Å². The molecule has 2 heteroatoms. The number of benzene rings is 1. The van der Waals surface area contributed by atoms with Crippen LogP contribution >= 0.6 is 0 Å². The minimum atomic E-state index is 1.00. The summed E-state index contributed by atoms with van der Waals surface area (Å²) >= 11 is 0. The van der Waals surface area contributed by atoms with Crippen LogP contribution in [0.3, 0.4) is 0 Å². The standard InChI is InChI=1S/C12H13N2/c1-9-8-12(14(2)3)13-11-7-5-4-6-10(9)11/h5-8H,1-3H3. The van der Waals surface area contributed by atoms with E-state index in [1.807, 2.05) is 37.2 Å². The van der Waals surface area contributed by atoms with E-state index in [1.165, 1.54) is 10.9 Å². The minimum Gasteiger partial charge on any atom is -0.363 e. The lowest BCUT2D eigenvalue weighted by Gasteiger charge is -2.13. The maximum Gasteiger partial charge on any atom is 0.128 e. The first kappa shape index (κ1) is 9.00. The van der Waals surface area contributed by atoms with Gasteiger partial charge in [-0.3, -0.25) is 0 Å². The van der Waals surface area contributed by atoms with Crippen molar-refractivity contribution in [3.8, 4) is 0 Å². The van der Waals surface area contributed by atoms with Crippen LogP contribution in [0, 0.1) is 13.0 Å². The van der Waals surface area contributed by atoms with Crippen LogP contribution in [0.2, 0.25) is 0 Å². The summed E-state index contributed by atoms with van der Waals surface area (Å²) in [6.45, 7) is 2.10. The second kappa shape index (κ2) is 3.29. The first-order valence-corrected chi connectivity index (χ1v) is 4.63. The summed E-state index contributed by atoms with van der Waals surface area (Å²) in [5.41, 5.74) is 2.28. The molecule has 0 aliphatic heterocycles. The number of hydrogen-bond acceptors (Lipinski definition) is 2. The Kier molecular flexibility index (Phi) is 2.12. The van der Waals surface area contributed by atoms with Gasteiger partial charge in [0.1, 0.15) is 5.82 Å². The molecule has 0 atom stereocenters. The Morgan fingerprint density at radius 2 is 2.14 bits per heavy atom. The summed E-state index contributed by atoms with van der Waals surface area (Å²) in [7, 11) is 4.01. The zero-order valence-corrected chi connectivity index (χ0v) is 8.70. The predicted octanol–water partition coefficient (Wildman–Crippen LogP) is 2.41. The second-order valence-corrected chi connectivity index (χ2v) is 3.64. The molecule has 71 valence electrons. The number of aryl methyl sites for hydroxylation is 1. The first-order valence-electron chi connectivity index (χ1n) is 4.63. The zero-order chi connectivity index (χ0) is 10.1. The van der Waals surface area contributed by atoms with E-state index in [4.69, 9.17) is 0 Å². The Balaban J connectivity index is 2.72. The molecular formula is C12H13N2. The van der Waals surface area contributed by atoms with E-state index in [2.05, 4.69) is 24.0 Å². The van der Waals surface area contributed by atoms with Crippen LogP contribution in [0.1, 0.15) is 5.56 Å². The van der Waals surface area contributed by atoms with Crippen LogP contribution in [-0.4, -0.2) is 19.1 Å². The number of pyridine rings is 1. The number of anilines is 1. The molecule has 0 saturated heterocycles. The van der Waals surface area contributed by atoms with Crippen molar-refractivity contribution >= 4 is 16.7 Å². The van der Waals surface area contributed by atoms with Gasteiger partial charge < -0.3 is 4.90 Å². The summed E-state index contributed by atoms with van der Waals surface area (Å²) in [6.07, 6.45) is 0. The average molecular weight is 185 g/mol. The van der Waals surface area contributed by atoms with Crippen molar-refractivity contribution in [1.82, 2.24) is 4.98 Å². The molecular weight excluding hydrogens is 172 g/mol. The quantitative estimate of drug-likeness (QED) is 0.678. The highest BCUT2D eigenvalue weighted by atomic mass is 15.1. The number of fused-ring (bicyclic) bond motifs is 1. The van der Waals surface area contributed by atoms with Gasteiger partial charge in [-0.05, 0) is 36.8 Å². The fourth-order valence-electron chi connectivity index (χ4n) is 1.49. The molecule has 0 fully saturated rings. The van der Waals surface area contributed by atoms with Gasteiger partial charge in [0.15, 0.2) is 0 Å². The van der Waals surface area contributed by atoms with Crippen LogP contribution in [-0.2, 0) is 0 Å². The molecule has 0 aliphatic rings. The highest BCUT2D eigenvalue weighted by molar-refractivity contribution is 5.83. The molecule has 0 N–H and O–H groups in total. The summed E-state index contributed by atoms with van der Waals surface area (Å²) in [6, 6.07) is 11.0. The van der Waals surface area contributed by atoms with Crippen LogP contribution in [0.4, 0.5) is 5.82 Å². The van der Waals surface area contributed by atoms with Gasteiger partial charge in [0.25, 0.3) is 0 Å². The predicted molar refractivity (Wildman–Crippen MR) is 59.6 cm³/mol. The van der Waals surface area contributed by atoms with Crippen LogP contribution in [0.15, 0.2) is 24.3 Å². The molecule has 2 nitrogen and oxygen atoms in total. The SMILES string of the molecule is Cc1cc(N(C)C)nc2cc[c]cc12. The number of hydrogen-bond donors (Lipinski definition) is 0. The Hall–Kier alpha value is -1.57. The molecule has 0 aliphatic carbocycles. The number of rotatable bonds is 1. The molecule has 2 rings (SSSR count). The number of aromatic nitrogens is 1. The van der Waals surface area contributed by atoms with E-state index in [-0.39, 0.29) is 0 Å². The van der Waals surface area contributed by atoms with E-state index < -0.39 is 0 Å². The fraction of sp³-hybridized carbons (Fsp3) is 0.250. The third kappa shape index (κ3) is 1.43. The van der Waals surface area contributed by atoms with E-state index in [9.17, 15) is 0 Å². The second-order valence-electron chi connectivity index (χ2n) is 3.64. The Labute approximate surface area is 84.2 Å². The highest BCUT2D eigenvalue weighted by Crippen LogP contribution is 2.20. The Morgan fingerprint density at radius 3 is 2.86 bits per heavy atom. The molecule has 2 aromatic rings. The van der Waals surface area contributed by atoms with Crippen molar-refractivity contribution in [3.63, 3.8) is 0 Å². The lowest BCUT2D eigenvalue weighted by Crippen LogP contribution is -2.10. The summed E-state index contributed by atoms with van der Waals surface area (Å²) in [4.78, 5) is 6.56. The molecule has 1 heterocycles. The largest absolute Gasteiger partial charge is 0.363 e. The van der Waals surface area contributed by atoms with Crippen molar-refractivity contribution in [1.29, 1.82) is 0 Å². The Morgan fingerprint density at radius 1 is 1.36 bits per heavy atom. The summed E-state index contributed by atoms with van der Waals surface area (Å²) in [5.74, 6) is 1.00. The maximum absolute atomic E-state index is 4.54. The van der Waals surface area contributed by atoms with Crippen LogP contribution in [0.5, 0.6) is 0 Å². The third-order valence-corrected chi connectivity index (χ3v) is 2.30. The smallest absolute Gasteiger partial charge is 0.128 e. The molecule has 0 bridgehead atoms. The molecule has 1 aromatic carbocycles. The topological polar surface area (TPSA) is 16.1 Å². The van der Waals surface area contributed by atoms with E-state index in [0.29, 0.717) is 0 Å². The van der Waals surface area contributed by atoms with Gasteiger partial charge in [0.05, 0.1) is 5.52 Å². The minimum absolute atomic E-state index is 1.00. The summed E-state index contributed by atoms with van der Waals surface area (Å²) in [5, 5.41) is 1.18. The normalized spacial score (nSPS) is 10.5. The van der Waals surface area contributed by atoms with Gasteiger partial charge in [-0.15, -0.1) is 0 Å². The monoisotopic (exact) mass is 185 g/mol.